The van der Waals surface area contributed by atoms with E-state index < -0.39 is 0 Å². The smallest absolute Gasteiger partial charge is 0.264 e. The lowest BCUT2D eigenvalue weighted by Crippen LogP contribution is -2.19. The maximum atomic E-state index is 11.5. The molecule has 0 unspecified atom stereocenters. The van der Waals surface area contributed by atoms with E-state index in [-0.39, 0.29) is 5.56 Å². The second-order valence-electron chi connectivity index (χ2n) is 2.86. The Labute approximate surface area is 94.2 Å². The number of nitrogens with zero attached hydrogens (tertiary/aromatic N) is 1. The van der Waals surface area contributed by atoms with Crippen molar-refractivity contribution in [3.8, 4) is 0 Å². The first-order valence-electron chi connectivity index (χ1n) is 4.20. The minimum atomic E-state index is 0.0386. The number of rotatable bonds is 3. The van der Waals surface area contributed by atoms with Crippen molar-refractivity contribution in [2.45, 2.75) is 26.3 Å². The molecule has 0 spiro atoms. The van der Waals surface area contributed by atoms with Gasteiger partial charge in [-0.25, -0.2) is 0 Å². The molecule has 1 aromatic heterocycles. The summed E-state index contributed by atoms with van der Waals surface area (Å²) in [6, 6.07) is 1.77. The highest BCUT2D eigenvalue weighted by Crippen LogP contribution is 2.12. The van der Waals surface area contributed by atoms with Gasteiger partial charge in [0.25, 0.3) is 5.56 Å². The first-order valence-corrected chi connectivity index (χ1v) is 5.79. The number of aryl methyl sites for hydroxylation is 1. The van der Waals surface area contributed by atoms with Crippen LogP contribution in [0.15, 0.2) is 26.0 Å². The summed E-state index contributed by atoms with van der Waals surface area (Å²) in [6.07, 6.45) is 3.95. The Morgan fingerprint density at radius 3 is 2.77 bits per heavy atom. The van der Waals surface area contributed by atoms with Crippen LogP contribution in [0.2, 0.25) is 0 Å². The molecule has 0 bridgehead atoms. The summed E-state index contributed by atoms with van der Waals surface area (Å²) in [5.74, 6) is 0. The van der Waals surface area contributed by atoms with Crippen LogP contribution in [0, 0.1) is 0 Å². The Morgan fingerprint density at radius 2 is 2.15 bits per heavy atom. The van der Waals surface area contributed by atoms with E-state index in [1.54, 1.807) is 10.6 Å². The summed E-state index contributed by atoms with van der Waals surface area (Å²) in [5.41, 5.74) is 0.0386. The highest BCUT2D eigenvalue weighted by molar-refractivity contribution is 9.11. The molecule has 0 amide bonds. The van der Waals surface area contributed by atoms with Gasteiger partial charge in [0.05, 0.1) is 4.47 Å². The Morgan fingerprint density at radius 1 is 1.46 bits per heavy atom. The van der Waals surface area contributed by atoms with E-state index in [2.05, 4.69) is 38.8 Å². The third-order valence-corrected chi connectivity index (χ3v) is 2.76. The molecule has 0 fully saturated rings. The monoisotopic (exact) mass is 307 g/mol. The predicted molar refractivity (Wildman–Crippen MR) is 61.0 cm³/mol. The highest BCUT2D eigenvalue weighted by atomic mass is 79.9. The fraction of sp³-hybridized carbons (Fsp3) is 0.444. The third kappa shape index (κ3) is 2.95. The summed E-state index contributed by atoms with van der Waals surface area (Å²) in [7, 11) is 0. The van der Waals surface area contributed by atoms with Gasteiger partial charge in [0.2, 0.25) is 0 Å². The van der Waals surface area contributed by atoms with Crippen LogP contribution < -0.4 is 5.56 Å². The normalized spacial score (nSPS) is 10.4. The molecule has 0 atom stereocenters. The van der Waals surface area contributed by atoms with E-state index in [0.717, 1.165) is 23.9 Å². The second kappa shape index (κ2) is 4.96. The fourth-order valence-corrected chi connectivity index (χ4v) is 2.32. The van der Waals surface area contributed by atoms with Gasteiger partial charge in [0.15, 0.2) is 0 Å². The first-order chi connectivity index (χ1) is 6.15. The lowest BCUT2D eigenvalue weighted by Gasteiger charge is -2.05. The van der Waals surface area contributed by atoms with E-state index in [1.807, 2.05) is 6.20 Å². The van der Waals surface area contributed by atoms with Crippen molar-refractivity contribution in [2.75, 3.05) is 0 Å². The minimum absolute atomic E-state index is 0.0386. The lowest BCUT2D eigenvalue weighted by atomic mass is 10.3. The molecule has 0 aliphatic rings. The third-order valence-electron chi connectivity index (χ3n) is 1.76. The van der Waals surface area contributed by atoms with Crippen LogP contribution in [-0.4, -0.2) is 4.57 Å². The number of hydrogen-bond acceptors (Lipinski definition) is 1. The highest BCUT2D eigenvalue weighted by Gasteiger charge is 2.01. The van der Waals surface area contributed by atoms with E-state index in [0.29, 0.717) is 4.47 Å². The Balaban J connectivity index is 2.99. The first kappa shape index (κ1) is 11.0. The predicted octanol–water partition coefficient (Wildman–Crippen LogP) is 3.17. The average molecular weight is 309 g/mol. The van der Waals surface area contributed by atoms with Gasteiger partial charge >= 0.3 is 0 Å². The van der Waals surface area contributed by atoms with Crippen molar-refractivity contribution >= 4 is 31.9 Å². The van der Waals surface area contributed by atoms with Crippen LogP contribution >= 0.6 is 31.9 Å². The molecule has 0 radical (unpaired) electrons. The Bertz CT molecular complexity index is 346. The molecular weight excluding hydrogens is 298 g/mol. The van der Waals surface area contributed by atoms with Crippen LogP contribution in [0.1, 0.15) is 19.8 Å². The van der Waals surface area contributed by atoms with Crippen LogP contribution in [-0.2, 0) is 6.54 Å². The van der Waals surface area contributed by atoms with Gasteiger partial charge in [-0.1, -0.05) is 13.3 Å². The molecule has 13 heavy (non-hydrogen) atoms. The van der Waals surface area contributed by atoms with E-state index in [1.165, 1.54) is 0 Å². The van der Waals surface area contributed by atoms with Gasteiger partial charge in [-0.2, -0.15) is 0 Å². The molecule has 4 heteroatoms. The summed E-state index contributed by atoms with van der Waals surface area (Å²) >= 11 is 6.57. The average Bonchev–Trinajstić information content (AvgIpc) is 2.09. The molecule has 72 valence electrons. The van der Waals surface area contributed by atoms with E-state index >= 15 is 0 Å². The second-order valence-corrected chi connectivity index (χ2v) is 4.63. The molecule has 0 saturated heterocycles. The van der Waals surface area contributed by atoms with Crippen molar-refractivity contribution in [1.82, 2.24) is 4.57 Å². The maximum Gasteiger partial charge on any atom is 0.264 e. The van der Waals surface area contributed by atoms with Gasteiger partial charge in [0, 0.05) is 17.2 Å². The van der Waals surface area contributed by atoms with Crippen molar-refractivity contribution in [3.05, 3.63) is 31.6 Å². The van der Waals surface area contributed by atoms with Crippen LogP contribution in [0.5, 0.6) is 0 Å². The topological polar surface area (TPSA) is 22.0 Å². The number of pyridine rings is 1. The number of unbranched alkanes of at least 4 members (excludes halogenated alkanes) is 1. The van der Waals surface area contributed by atoms with Crippen molar-refractivity contribution in [2.24, 2.45) is 0 Å². The molecule has 2 nitrogen and oxygen atoms in total. The molecule has 0 saturated carbocycles. The van der Waals surface area contributed by atoms with Crippen LogP contribution in [0.25, 0.3) is 0 Å². The van der Waals surface area contributed by atoms with E-state index in [9.17, 15) is 4.79 Å². The fourth-order valence-electron chi connectivity index (χ4n) is 1.06. The quantitative estimate of drug-likeness (QED) is 0.840. The van der Waals surface area contributed by atoms with E-state index in [4.69, 9.17) is 0 Å². The van der Waals surface area contributed by atoms with Crippen LogP contribution in [0.3, 0.4) is 0 Å². The SMILES string of the molecule is CCCCn1cc(Br)cc(Br)c1=O. The molecule has 1 heterocycles. The van der Waals surface area contributed by atoms with Crippen molar-refractivity contribution in [3.63, 3.8) is 0 Å². The molecule has 1 aromatic rings. The molecular formula is C9H11Br2NO. The van der Waals surface area contributed by atoms with Gasteiger partial charge in [-0.3, -0.25) is 4.79 Å². The molecule has 0 aliphatic carbocycles. The van der Waals surface area contributed by atoms with Crippen molar-refractivity contribution in [1.29, 1.82) is 0 Å². The molecule has 0 aromatic carbocycles. The minimum Gasteiger partial charge on any atom is -0.313 e. The largest absolute Gasteiger partial charge is 0.313 e. The lowest BCUT2D eigenvalue weighted by molar-refractivity contribution is 0.610. The zero-order valence-electron chi connectivity index (χ0n) is 7.39. The van der Waals surface area contributed by atoms with Crippen molar-refractivity contribution < 1.29 is 0 Å². The van der Waals surface area contributed by atoms with Gasteiger partial charge in [0.1, 0.15) is 0 Å². The summed E-state index contributed by atoms with van der Waals surface area (Å²) < 4.78 is 3.26. The number of hydrogen-bond donors (Lipinski definition) is 0. The summed E-state index contributed by atoms with van der Waals surface area (Å²) in [4.78, 5) is 11.5. The molecule has 0 N–H and O–H groups in total. The number of halogens is 2. The Kier molecular flexibility index (Phi) is 4.19. The van der Waals surface area contributed by atoms with Gasteiger partial charge in [-0.05, 0) is 44.3 Å². The van der Waals surface area contributed by atoms with Gasteiger partial charge in [-0.15, -0.1) is 0 Å². The standard InChI is InChI=1S/C9H11Br2NO/c1-2-3-4-12-6-7(10)5-8(11)9(12)13/h5-6H,2-4H2,1H3. The maximum absolute atomic E-state index is 11.5. The zero-order chi connectivity index (χ0) is 9.84. The Hall–Kier alpha value is -0.0900. The zero-order valence-corrected chi connectivity index (χ0v) is 10.6. The summed E-state index contributed by atoms with van der Waals surface area (Å²) in [6.45, 7) is 2.89. The van der Waals surface area contributed by atoms with Gasteiger partial charge < -0.3 is 4.57 Å². The summed E-state index contributed by atoms with van der Waals surface area (Å²) in [5, 5.41) is 0. The molecule has 1 rings (SSSR count). The van der Waals surface area contributed by atoms with Crippen LogP contribution in [0.4, 0.5) is 0 Å². The number of aromatic nitrogens is 1. The molecule has 0 aliphatic heterocycles.